The number of likely N-dealkylation sites (N-methyl/N-ethyl adjacent to an activating group) is 1. The van der Waals surface area contributed by atoms with E-state index in [-0.39, 0.29) is 24.4 Å². The maximum atomic E-state index is 12.3. The van der Waals surface area contributed by atoms with Gasteiger partial charge >= 0.3 is 0 Å². The van der Waals surface area contributed by atoms with Crippen molar-refractivity contribution in [2.45, 2.75) is 6.04 Å². The number of hydrogen-bond donors (Lipinski definition) is 3. The summed E-state index contributed by atoms with van der Waals surface area (Å²) in [5.41, 5.74) is 1.38. The molecule has 0 aliphatic rings. The fourth-order valence-electron chi connectivity index (χ4n) is 2.49. The second-order valence-electron chi connectivity index (χ2n) is 6.25. The number of nitrogens with one attached hydrogen (secondary N) is 3. The Morgan fingerprint density at radius 2 is 1.73 bits per heavy atom. The van der Waals surface area contributed by atoms with Crippen molar-refractivity contribution >= 4 is 35.0 Å². The van der Waals surface area contributed by atoms with Crippen LogP contribution in [0, 0.1) is 0 Å². The fraction of sp³-hybridized carbons (Fsp3) is 0.263. The van der Waals surface area contributed by atoms with Gasteiger partial charge in [-0.05, 0) is 23.8 Å². The molecule has 0 spiro atoms. The first-order valence-electron chi connectivity index (χ1n) is 8.23. The van der Waals surface area contributed by atoms with Crippen molar-refractivity contribution in [3.63, 3.8) is 0 Å². The Kier molecular flexibility index (Phi) is 7.45. The topological polar surface area (TPSA) is 62.6 Å². The van der Waals surface area contributed by atoms with Crippen LogP contribution < -0.4 is 15.5 Å². The third-order valence-electron chi connectivity index (χ3n) is 3.74. The van der Waals surface area contributed by atoms with Crippen molar-refractivity contribution in [2.75, 3.05) is 27.2 Å². The summed E-state index contributed by atoms with van der Waals surface area (Å²) in [7, 11) is 4.04. The summed E-state index contributed by atoms with van der Waals surface area (Å²) in [6.45, 7) is 0.613. The quantitative estimate of drug-likeness (QED) is 0.669. The predicted molar refractivity (Wildman–Crippen MR) is 104 cm³/mol. The van der Waals surface area contributed by atoms with Gasteiger partial charge in [-0.3, -0.25) is 9.59 Å². The lowest BCUT2D eigenvalue weighted by molar-refractivity contribution is -0.860. The van der Waals surface area contributed by atoms with E-state index in [1.54, 1.807) is 12.1 Å². The van der Waals surface area contributed by atoms with Gasteiger partial charge in [0.15, 0.2) is 0 Å². The van der Waals surface area contributed by atoms with Gasteiger partial charge in [0, 0.05) is 5.56 Å². The van der Waals surface area contributed by atoms with E-state index in [0.29, 0.717) is 15.6 Å². The minimum Gasteiger partial charge on any atom is -0.343 e. The van der Waals surface area contributed by atoms with Crippen LogP contribution in [-0.2, 0) is 4.79 Å². The molecule has 1 atom stereocenters. The number of carbonyl (C=O) groups excluding carboxylic acids is 2. The van der Waals surface area contributed by atoms with Crippen LogP contribution in [0.3, 0.4) is 0 Å². The normalized spacial score (nSPS) is 11.9. The van der Waals surface area contributed by atoms with Gasteiger partial charge in [-0.25, -0.2) is 0 Å². The highest BCUT2D eigenvalue weighted by atomic mass is 35.5. The molecule has 0 heterocycles. The highest BCUT2D eigenvalue weighted by Crippen LogP contribution is 2.22. The summed E-state index contributed by atoms with van der Waals surface area (Å²) in [5.74, 6) is -0.637. The van der Waals surface area contributed by atoms with E-state index in [2.05, 4.69) is 10.6 Å². The Labute approximate surface area is 163 Å². The lowest BCUT2D eigenvalue weighted by Crippen LogP contribution is -3.06. The molecule has 138 valence electrons. The van der Waals surface area contributed by atoms with Crippen LogP contribution in [0.25, 0.3) is 0 Å². The van der Waals surface area contributed by atoms with Crippen LogP contribution in [0.15, 0.2) is 48.5 Å². The molecule has 0 radical (unpaired) electrons. The van der Waals surface area contributed by atoms with Crippen molar-refractivity contribution in [3.05, 3.63) is 69.7 Å². The Morgan fingerprint density at radius 3 is 2.35 bits per heavy atom. The molecule has 7 heteroatoms. The molecule has 3 N–H and O–H groups in total. The zero-order chi connectivity index (χ0) is 19.1. The standard InChI is InChI=1S/C19H21Cl2N3O2/c1-24(2)12-17(13-6-4-3-5-7-13)23-18(25)11-22-19(26)14-8-9-15(20)16(21)10-14/h3-10,17H,11-12H2,1-2H3,(H,22,26)(H,23,25)/p+1/t17-/m0/s1. The lowest BCUT2D eigenvalue weighted by Gasteiger charge is -2.21. The van der Waals surface area contributed by atoms with E-state index in [0.717, 1.165) is 12.1 Å². The van der Waals surface area contributed by atoms with Gasteiger partial charge < -0.3 is 15.5 Å². The second-order valence-corrected chi connectivity index (χ2v) is 7.07. The van der Waals surface area contributed by atoms with Crippen LogP contribution in [0.4, 0.5) is 0 Å². The monoisotopic (exact) mass is 394 g/mol. The number of hydrogen-bond acceptors (Lipinski definition) is 2. The van der Waals surface area contributed by atoms with Crippen molar-refractivity contribution < 1.29 is 14.5 Å². The molecule has 0 saturated heterocycles. The van der Waals surface area contributed by atoms with E-state index >= 15 is 0 Å². The molecular formula is C19H22Cl2N3O2+. The van der Waals surface area contributed by atoms with Crippen LogP contribution in [0.2, 0.25) is 10.0 Å². The van der Waals surface area contributed by atoms with E-state index in [1.165, 1.54) is 11.0 Å². The predicted octanol–water partition coefficient (Wildman–Crippen LogP) is 1.73. The van der Waals surface area contributed by atoms with E-state index in [1.807, 2.05) is 44.4 Å². The minimum absolute atomic E-state index is 0.120. The maximum Gasteiger partial charge on any atom is 0.251 e. The van der Waals surface area contributed by atoms with E-state index in [4.69, 9.17) is 23.2 Å². The molecule has 0 unspecified atom stereocenters. The summed E-state index contributed by atoms with van der Waals surface area (Å²) in [4.78, 5) is 25.6. The van der Waals surface area contributed by atoms with Crippen molar-refractivity contribution in [3.8, 4) is 0 Å². The third-order valence-corrected chi connectivity index (χ3v) is 4.48. The van der Waals surface area contributed by atoms with Gasteiger partial charge in [0.1, 0.15) is 12.6 Å². The molecule has 0 aliphatic heterocycles. The zero-order valence-corrected chi connectivity index (χ0v) is 16.2. The third kappa shape index (κ3) is 6.02. The average molecular weight is 395 g/mol. The molecule has 0 fully saturated rings. The molecule has 0 aromatic heterocycles. The molecule has 0 saturated carbocycles. The van der Waals surface area contributed by atoms with Gasteiger partial charge in [0.2, 0.25) is 5.91 Å². The summed E-state index contributed by atoms with van der Waals surface area (Å²) >= 11 is 11.8. The SMILES string of the molecule is C[NH+](C)C[C@H](NC(=O)CNC(=O)c1ccc(Cl)c(Cl)c1)c1ccccc1. The number of carbonyl (C=O) groups is 2. The van der Waals surface area contributed by atoms with Crippen LogP contribution in [0.1, 0.15) is 22.0 Å². The van der Waals surface area contributed by atoms with Gasteiger partial charge in [0.05, 0.1) is 30.7 Å². The van der Waals surface area contributed by atoms with E-state index < -0.39 is 0 Å². The van der Waals surface area contributed by atoms with Gasteiger partial charge in [-0.2, -0.15) is 0 Å². The molecule has 2 amide bonds. The smallest absolute Gasteiger partial charge is 0.251 e. The first kappa shape index (κ1) is 20.2. The zero-order valence-electron chi connectivity index (χ0n) is 14.7. The highest BCUT2D eigenvalue weighted by molar-refractivity contribution is 6.42. The number of halogens is 2. The molecule has 2 rings (SSSR count). The van der Waals surface area contributed by atoms with Gasteiger partial charge in [0.25, 0.3) is 5.91 Å². The number of benzene rings is 2. The Hall–Kier alpha value is -2.08. The van der Waals surface area contributed by atoms with Gasteiger partial charge in [-0.15, -0.1) is 0 Å². The summed E-state index contributed by atoms with van der Waals surface area (Å²) in [5, 5.41) is 6.23. The molecule has 2 aromatic rings. The number of quaternary nitrogens is 1. The average Bonchev–Trinajstić information content (AvgIpc) is 2.62. The summed E-state index contributed by atoms with van der Waals surface area (Å²) < 4.78 is 0. The molecule has 2 aromatic carbocycles. The second kappa shape index (κ2) is 9.57. The van der Waals surface area contributed by atoms with Crippen molar-refractivity contribution in [1.29, 1.82) is 0 Å². The first-order chi connectivity index (χ1) is 12.4. The lowest BCUT2D eigenvalue weighted by atomic mass is 10.1. The van der Waals surface area contributed by atoms with Crippen molar-refractivity contribution in [1.82, 2.24) is 10.6 Å². The number of amides is 2. The molecule has 5 nitrogen and oxygen atoms in total. The van der Waals surface area contributed by atoms with Crippen LogP contribution in [-0.4, -0.2) is 39.0 Å². The van der Waals surface area contributed by atoms with Gasteiger partial charge in [-0.1, -0.05) is 53.5 Å². The maximum absolute atomic E-state index is 12.3. The Bertz CT molecular complexity index is 767. The molecular weight excluding hydrogens is 373 g/mol. The molecule has 26 heavy (non-hydrogen) atoms. The Balaban J connectivity index is 1.95. The molecule has 0 aliphatic carbocycles. The Morgan fingerprint density at radius 1 is 1.04 bits per heavy atom. The van der Waals surface area contributed by atoms with Crippen LogP contribution in [0.5, 0.6) is 0 Å². The fourth-order valence-corrected chi connectivity index (χ4v) is 2.79. The summed E-state index contributed by atoms with van der Waals surface area (Å²) in [6.07, 6.45) is 0. The number of rotatable bonds is 7. The summed E-state index contributed by atoms with van der Waals surface area (Å²) in [6, 6.07) is 14.2. The van der Waals surface area contributed by atoms with Crippen molar-refractivity contribution in [2.24, 2.45) is 0 Å². The largest absolute Gasteiger partial charge is 0.343 e. The highest BCUT2D eigenvalue weighted by Gasteiger charge is 2.18. The van der Waals surface area contributed by atoms with E-state index in [9.17, 15) is 9.59 Å². The molecule has 0 bridgehead atoms. The minimum atomic E-state index is -0.381. The first-order valence-corrected chi connectivity index (χ1v) is 8.99. The van der Waals surface area contributed by atoms with Crippen LogP contribution >= 0.6 is 23.2 Å².